The highest BCUT2D eigenvalue weighted by Crippen LogP contribution is 2.22. The summed E-state index contributed by atoms with van der Waals surface area (Å²) >= 11 is 5.86. The van der Waals surface area contributed by atoms with E-state index < -0.39 is 27.6 Å². The lowest BCUT2D eigenvalue weighted by atomic mass is 10.1. The number of carbonyl (C=O) groups is 2. The number of hydrogen-bond acceptors (Lipinski definition) is 5. The molecule has 1 heterocycles. The molecule has 2 rings (SSSR count). The molecule has 7 nitrogen and oxygen atoms in total. The van der Waals surface area contributed by atoms with Crippen molar-refractivity contribution in [2.75, 3.05) is 18.1 Å². The van der Waals surface area contributed by atoms with Crippen LogP contribution in [0.15, 0.2) is 24.3 Å². The van der Waals surface area contributed by atoms with Crippen LogP contribution in [0.2, 0.25) is 5.02 Å². The van der Waals surface area contributed by atoms with E-state index in [-0.39, 0.29) is 24.5 Å². The van der Waals surface area contributed by atoms with Gasteiger partial charge >= 0.3 is 0 Å². The first kappa shape index (κ1) is 16.6. The lowest BCUT2D eigenvalue weighted by molar-refractivity contribution is -0.131. The Labute approximate surface area is 132 Å². The van der Waals surface area contributed by atoms with Crippen LogP contribution in [0.5, 0.6) is 5.75 Å². The molecule has 1 fully saturated rings. The Morgan fingerprint density at radius 2 is 2.00 bits per heavy atom. The van der Waals surface area contributed by atoms with Gasteiger partial charge in [0.1, 0.15) is 5.75 Å². The standard InChI is InChI=1S/C13H15ClN2O5S/c14-10-3-1-2-4-11(10)21-7-12(17)15-16-13(18)9-5-6-22(19,20)8-9/h1-4,9H,5-8H2,(H,15,17)(H,16,18)/t9-/m0/s1. The van der Waals surface area contributed by atoms with Gasteiger partial charge in [-0.1, -0.05) is 23.7 Å². The van der Waals surface area contributed by atoms with E-state index in [0.29, 0.717) is 10.8 Å². The quantitative estimate of drug-likeness (QED) is 0.763. The number of amides is 2. The lowest BCUT2D eigenvalue weighted by Gasteiger charge is -2.11. The first-order valence-electron chi connectivity index (χ1n) is 6.54. The predicted molar refractivity (Wildman–Crippen MR) is 80.0 cm³/mol. The topological polar surface area (TPSA) is 102 Å². The zero-order valence-corrected chi connectivity index (χ0v) is 13.1. The molecule has 0 spiro atoms. The predicted octanol–water partition coefficient (Wildman–Crippen LogP) is 0.301. The summed E-state index contributed by atoms with van der Waals surface area (Å²) in [6, 6.07) is 6.67. The fourth-order valence-corrected chi connectivity index (χ4v) is 3.91. The van der Waals surface area contributed by atoms with Gasteiger partial charge in [0, 0.05) is 0 Å². The van der Waals surface area contributed by atoms with Gasteiger partial charge in [0.2, 0.25) is 5.91 Å². The van der Waals surface area contributed by atoms with Gasteiger partial charge in [-0.3, -0.25) is 20.4 Å². The van der Waals surface area contributed by atoms with Crippen molar-refractivity contribution in [3.63, 3.8) is 0 Å². The van der Waals surface area contributed by atoms with Crippen molar-refractivity contribution in [2.24, 2.45) is 5.92 Å². The van der Waals surface area contributed by atoms with Crippen molar-refractivity contribution in [3.8, 4) is 5.75 Å². The molecule has 0 unspecified atom stereocenters. The highest BCUT2D eigenvalue weighted by Gasteiger charge is 2.33. The molecule has 1 saturated heterocycles. The molecule has 1 atom stereocenters. The lowest BCUT2D eigenvalue weighted by Crippen LogP contribution is -2.46. The minimum atomic E-state index is -3.14. The summed E-state index contributed by atoms with van der Waals surface area (Å²) in [4.78, 5) is 23.3. The molecule has 2 N–H and O–H groups in total. The van der Waals surface area contributed by atoms with Gasteiger partial charge in [0.15, 0.2) is 16.4 Å². The highest BCUT2D eigenvalue weighted by molar-refractivity contribution is 7.91. The van der Waals surface area contributed by atoms with E-state index >= 15 is 0 Å². The molecule has 0 radical (unpaired) electrons. The summed E-state index contributed by atoms with van der Waals surface area (Å²) in [5.41, 5.74) is 4.37. The summed E-state index contributed by atoms with van der Waals surface area (Å²) < 4.78 is 27.7. The minimum Gasteiger partial charge on any atom is -0.482 e. The SMILES string of the molecule is O=C(COc1ccccc1Cl)NNC(=O)[C@H]1CCS(=O)(=O)C1. The van der Waals surface area contributed by atoms with Crippen LogP contribution in [0.3, 0.4) is 0 Å². The van der Waals surface area contributed by atoms with Crippen LogP contribution in [0.1, 0.15) is 6.42 Å². The molecule has 0 aliphatic carbocycles. The first-order chi connectivity index (χ1) is 10.4. The number of nitrogens with one attached hydrogen (secondary N) is 2. The molecular weight excluding hydrogens is 332 g/mol. The minimum absolute atomic E-state index is 0.00531. The zero-order chi connectivity index (χ0) is 16.2. The van der Waals surface area contributed by atoms with Crippen molar-refractivity contribution < 1.29 is 22.7 Å². The third kappa shape index (κ3) is 4.60. The molecule has 1 aromatic carbocycles. The molecule has 1 aliphatic rings. The number of halogens is 1. The second-order valence-corrected chi connectivity index (χ2v) is 7.49. The molecule has 1 aliphatic heterocycles. The Bertz CT molecular complexity index is 677. The summed E-state index contributed by atoms with van der Waals surface area (Å²) in [5.74, 6) is -1.57. The maximum absolute atomic E-state index is 11.7. The number of sulfone groups is 1. The third-order valence-electron chi connectivity index (χ3n) is 3.12. The summed E-state index contributed by atoms with van der Waals surface area (Å²) in [7, 11) is -3.14. The second kappa shape index (κ2) is 6.97. The Morgan fingerprint density at radius 1 is 1.27 bits per heavy atom. The number of ether oxygens (including phenoxy) is 1. The molecule has 0 saturated carbocycles. The van der Waals surface area contributed by atoms with Gasteiger partial charge < -0.3 is 4.74 Å². The van der Waals surface area contributed by atoms with Gasteiger partial charge in [-0.2, -0.15) is 0 Å². The van der Waals surface area contributed by atoms with Crippen molar-refractivity contribution in [3.05, 3.63) is 29.3 Å². The molecule has 1 aromatic rings. The Morgan fingerprint density at radius 3 is 2.64 bits per heavy atom. The van der Waals surface area contributed by atoms with Gasteiger partial charge in [0.25, 0.3) is 5.91 Å². The second-order valence-electron chi connectivity index (χ2n) is 4.86. The fraction of sp³-hybridized carbons (Fsp3) is 0.385. The van der Waals surface area contributed by atoms with E-state index in [2.05, 4.69) is 10.9 Å². The van der Waals surface area contributed by atoms with Crippen LogP contribution in [0.4, 0.5) is 0 Å². The molecular formula is C13H15ClN2O5S. The average molecular weight is 347 g/mol. The maximum atomic E-state index is 11.7. The molecule has 0 aromatic heterocycles. The van der Waals surface area contributed by atoms with Crippen molar-refractivity contribution in [1.29, 1.82) is 0 Å². The van der Waals surface area contributed by atoms with Crippen LogP contribution >= 0.6 is 11.6 Å². The van der Waals surface area contributed by atoms with Gasteiger partial charge in [-0.05, 0) is 18.6 Å². The summed E-state index contributed by atoms with van der Waals surface area (Å²) in [6.07, 6.45) is 0.264. The Kier molecular flexibility index (Phi) is 5.25. The smallest absolute Gasteiger partial charge is 0.276 e. The monoisotopic (exact) mass is 346 g/mol. The molecule has 2 amide bonds. The van der Waals surface area contributed by atoms with E-state index in [9.17, 15) is 18.0 Å². The van der Waals surface area contributed by atoms with E-state index in [0.717, 1.165) is 0 Å². The van der Waals surface area contributed by atoms with Gasteiger partial charge in [-0.15, -0.1) is 0 Å². The van der Waals surface area contributed by atoms with E-state index in [4.69, 9.17) is 16.3 Å². The third-order valence-corrected chi connectivity index (χ3v) is 5.20. The highest BCUT2D eigenvalue weighted by atomic mass is 35.5. The normalized spacial score (nSPS) is 19.4. The first-order valence-corrected chi connectivity index (χ1v) is 8.74. The molecule has 0 bridgehead atoms. The van der Waals surface area contributed by atoms with Crippen LogP contribution in [0.25, 0.3) is 0 Å². The number of hydrogen-bond donors (Lipinski definition) is 2. The van der Waals surface area contributed by atoms with Crippen molar-refractivity contribution in [2.45, 2.75) is 6.42 Å². The molecule has 22 heavy (non-hydrogen) atoms. The molecule has 9 heteroatoms. The number of benzene rings is 1. The van der Waals surface area contributed by atoms with Crippen LogP contribution in [-0.2, 0) is 19.4 Å². The van der Waals surface area contributed by atoms with Crippen molar-refractivity contribution in [1.82, 2.24) is 10.9 Å². The Hall–Kier alpha value is -1.80. The largest absolute Gasteiger partial charge is 0.482 e. The zero-order valence-electron chi connectivity index (χ0n) is 11.5. The van der Waals surface area contributed by atoms with E-state index in [1.54, 1.807) is 24.3 Å². The van der Waals surface area contributed by atoms with Crippen LogP contribution < -0.4 is 15.6 Å². The van der Waals surface area contributed by atoms with Crippen LogP contribution in [0, 0.1) is 5.92 Å². The van der Waals surface area contributed by atoms with E-state index in [1.807, 2.05) is 0 Å². The number of hydrazine groups is 1. The summed E-state index contributed by atoms with van der Waals surface area (Å²) in [5, 5.41) is 0.371. The number of para-hydroxylation sites is 1. The summed E-state index contributed by atoms with van der Waals surface area (Å²) in [6.45, 7) is -0.326. The molecule has 120 valence electrons. The van der Waals surface area contributed by atoms with E-state index in [1.165, 1.54) is 0 Å². The van der Waals surface area contributed by atoms with Gasteiger partial charge in [0.05, 0.1) is 22.4 Å². The Balaban J connectivity index is 1.74. The number of carbonyl (C=O) groups excluding carboxylic acids is 2. The maximum Gasteiger partial charge on any atom is 0.276 e. The van der Waals surface area contributed by atoms with Crippen LogP contribution in [-0.4, -0.2) is 38.3 Å². The van der Waals surface area contributed by atoms with Crippen molar-refractivity contribution >= 4 is 33.3 Å². The van der Waals surface area contributed by atoms with Gasteiger partial charge in [-0.25, -0.2) is 8.42 Å². The average Bonchev–Trinajstić information content (AvgIpc) is 2.84. The number of rotatable bonds is 4. The fourth-order valence-electron chi connectivity index (χ4n) is 1.98.